The van der Waals surface area contributed by atoms with Crippen molar-refractivity contribution < 1.29 is 14.3 Å². The van der Waals surface area contributed by atoms with Crippen LogP contribution in [0, 0.1) is 0 Å². The Bertz CT molecular complexity index is 677. The molecule has 0 fully saturated rings. The predicted octanol–water partition coefficient (Wildman–Crippen LogP) is 2.90. The van der Waals surface area contributed by atoms with E-state index in [0.29, 0.717) is 24.2 Å². The highest BCUT2D eigenvalue weighted by Gasteiger charge is 2.26. The number of nitrogens with zero attached hydrogens (tertiary/aromatic N) is 1. The minimum Gasteiger partial charge on any atom is -0.462 e. The van der Waals surface area contributed by atoms with E-state index in [2.05, 4.69) is 15.6 Å². The maximum atomic E-state index is 12.4. The third-order valence-corrected chi connectivity index (χ3v) is 3.37. The molecule has 1 aliphatic rings. The molecule has 2 rings (SSSR count). The molecule has 0 saturated carbocycles. The number of hydrogen-bond acceptors (Lipinski definition) is 5. The molecule has 1 amide bonds. The number of amides is 1. The summed E-state index contributed by atoms with van der Waals surface area (Å²) in [6.45, 7) is 5.66. The van der Waals surface area contributed by atoms with E-state index in [9.17, 15) is 9.59 Å². The summed E-state index contributed by atoms with van der Waals surface area (Å²) < 4.78 is 5.14. The average molecular weight is 315 g/mol. The first-order chi connectivity index (χ1) is 11.1. The standard InChI is InChI=1S/C17H21N3O3/c1-4-11-15(17(22)23-6-3)16(20-14(21)5-2)19-13-10-8-7-9-12(13)18-11/h7-10,18H,4-6H2,1-3H3,(H,19,20,21). The number of aliphatic imine (C=N–C) groups is 1. The second-order valence-corrected chi connectivity index (χ2v) is 4.93. The molecule has 6 nitrogen and oxygen atoms in total. The number of allylic oxidation sites excluding steroid dienone is 1. The zero-order valence-corrected chi connectivity index (χ0v) is 13.6. The van der Waals surface area contributed by atoms with E-state index in [0.717, 1.165) is 5.69 Å². The quantitative estimate of drug-likeness (QED) is 0.837. The van der Waals surface area contributed by atoms with Gasteiger partial charge in [0.1, 0.15) is 11.4 Å². The van der Waals surface area contributed by atoms with E-state index < -0.39 is 5.97 Å². The number of nitrogens with one attached hydrogen (secondary N) is 2. The molecule has 122 valence electrons. The van der Waals surface area contributed by atoms with Gasteiger partial charge >= 0.3 is 5.97 Å². The van der Waals surface area contributed by atoms with Crippen LogP contribution in [0.5, 0.6) is 0 Å². The Morgan fingerprint density at radius 1 is 1.22 bits per heavy atom. The summed E-state index contributed by atoms with van der Waals surface area (Å²) >= 11 is 0. The first kappa shape index (κ1) is 16.7. The van der Waals surface area contributed by atoms with Crippen LogP contribution in [0.25, 0.3) is 0 Å². The van der Waals surface area contributed by atoms with Crippen LogP contribution in [-0.2, 0) is 14.3 Å². The second-order valence-electron chi connectivity index (χ2n) is 4.93. The zero-order valence-electron chi connectivity index (χ0n) is 13.6. The Morgan fingerprint density at radius 2 is 1.96 bits per heavy atom. The normalized spacial score (nSPS) is 13.4. The van der Waals surface area contributed by atoms with Crippen LogP contribution in [-0.4, -0.2) is 24.3 Å². The van der Waals surface area contributed by atoms with Crippen molar-refractivity contribution in [2.24, 2.45) is 4.99 Å². The van der Waals surface area contributed by atoms with Crippen molar-refractivity contribution >= 4 is 29.1 Å². The molecule has 1 aromatic rings. The van der Waals surface area contributed by atoms with Crippen molar-refractivity contribution in [2.75, 3.05) is 11.9 Å². The lowest BCUT2D eigenvalue weighted by atomic mass is 10.1. The van der Waals surface area contributed by atoms with Gasteiger partial charge in [0.05, 0.1) is 18.0 Å². The van der Waals surface area contributed by atoms with E-state index in [1.807, 2.05) is 31.2 Å². The first-order valence-corrected chi connectivity index (χ1v) is 7.75. The fraction of sp³-hybridized carbons (Fsp3) is 0.353. The van der Waals surface area contributed by atoms with Crippen molar-refractivity contribution in [3.63, 3.8) is 0 Å². The number of para-hydroxylation sites is 2. The molecule has 0 radical (unpaired) electrons. The molecule has 0 atom stereocenters. The number of benzene rings is 1. The molecule has 1 heterocycles. The van der Waals surface area contributed by atoms with Gasteiger partial charge in [-0.2, -0.15) is 0 Å². The molecule has 0 aromatic heterocycles. The summed E-state index contributed by atoms with van der Waals surface area (Å²) in [6, 6.07) is 7.43. The van der Waals surface area contributed by atoms with Gasteiger partial charge in [-0.1, -0.05) is 26.0 Å². The van der Waals surface area contributed by atoms with Gasteiger partial charge in [0.2, 0.25) is 5.91 Å². The van der Waals surface area contributed by atoms with Crippen LogP contribution >= 0.6 is 0 Å². The third kappa shape index (κ3) is 3.77. The van der Waals surface area contributed by atoms with Gasteiger partial charge < -0.3 is 15.4 Å². The average Bonchev–Trinajstić information content (AvgIpc) is 2.70. The molecule has 0 unspecified atom stereocenters. The number of carbonyl (C=O) groups is 2. The van der Waals surface area contributed by atoms with Crippen molar-refractivity contribution in [3.8, 4) is 0 Å². The fourth-order valence-corrected chi connectivity index (χ4v) is 2.22. The van der Waals surface area contributed by atoms with Crippen molar-refractivity contribution in [2.45, 2.75) is 33.6 Å². The first-order valence-electron chi connectivity index (χ1n) is 7.75. The van der Waals surface area contributed by atoms with Gasteiger partial charge in [0.25, 0.3) is 0 Å². The molecule has 6 heteroatoms. The number of fused-ring (bicyclic) bond motifs is 1. The fourth-order valence-electron chi connectivity index (χ4n) is 2.22. The Hall–Kier alpha value is -2.63. The van der Waals surface area contributed by atoms with Gasteiger partial charge in [0, 0.05) is 12.1 Å². The summed E-state index contributed by atoms with van der Waals surface area (Å²) in [5, 5.41) is 5.95. The highest BCUT2D eigenvalue weighted by atomic mass is 16.5. The molecule has 0 spiro atoms. The second kappa shape index (κ2) is 7.58. The highest BCUT2D eigenvalue weighted by Crippen LogP contribution is 2.31. The lowest BCUT2D eigenvalue weighted by Crippen LogP contribution is -2.35. The summed E-state index contributed by atoms with van der Waals surface area (Å²) in [7, 11) is 0. The Kier molecular flexibility index (Phi) is 5.51. The summed E-state index contributed by atoms with van der Waals surface area (Å²) in [6.07, 6.45) is 0.870. The Balaban J connectivity index is 2.57. The molecule has 23 heavy (non-hydrogen) atoms. The van der Waals surface area contributed by atoms with Gasteiger partial charge in [-0.25, -0.2) is 9.79 Å². The third-order valence-electron chi connectivity index (χ3n) is 3.37. The van der Waals surface area contributed by atoms with E-state index >= 15 is 0 Å². The smallest absolute Gasteiger partial charge is 0.343 e. The number of rotatable bonds is 4. The number of amidine groups is 1. The SMILES string of the molecule is CCOC(=O)C1=C(CC)Nc2ccccc2N=C1NC(=O)CC. The highest BCUT2D eigenvalue weighted by molar-refractivity contribution is 6.24. The largest absolute Gasteiger partial charge is 0.462 e. The van der Waals surface area contributed by atoms with Crippen LogP contribution < -0.4 is 10.6 Å². The molecule has 1 aliphatic heterocycles. The molecule has 0 saturated heterocycles. The minimum absolute atomic E-state index is 0.208. The number of anilines is 1. The number of hydrogen-bond donors (Lipinski definition) is 2. The monoisotopic (exact) mass is 315 g/mol. The molecular formula is C17H21N3O3. The summed E-state index contributed by atoms with van der Waals surface area (Å²) in [5.74, 6) is -0.482. The number of carbonyl (C=O) groups excluding carboxylic acids is 2. The minimum atomic E-state index is -0.500. The van der Waals surface area contributed by atoms with Crippen LogP contribution in [0.15, 0.2) is 40.5 Å². The number of ether oxygens (including phenoxy) is 1. The van der Waals surface area contributed by atoms with Crippen LogP contribution in [0.3, 0.4) is 0 Å². The summed E-state index contributed by atoms with van der Waals surface area (Å²) in [4.78, 5) is 28.7. The topological polar surface area (TPSA) is 79.8 Å². The van der Waals surface area contributed by atoms with Gasteiger partial charge in [-0.05, 0) is 25.5 Å². The predicted molar refractivity (Wildman–Crippen MR) is 89.5 cm³/mol. The lowest BCUT2D eigenvalue weighted by Gasteiger charge is -2.14. The molecular weight excluding hydrogens is 294 g/mol. The van der Waals surface area contributed by atoms with Crippen molar-refractivity contribution in [1.29, 1.82) is 0 Å². The van der Waals surface area contributed by atoms with E-state index in [1.165, 1.54) is 0 Å². The molecule has 2 N–H and O–H groups in total. The van der Waals surface area contributed by atoms with Crippen LogP contribution in [0.4, 0.5) is 11.4 Å². The van der Waals surface area contributed by atoms with Crippen LogP contribution in [0.1, 0.15) is 33.6 Å². The lowest BCUT2D eigenvalue weighted by molar-refractivity contribution is -0.137. The van der Waals surface area contributed by atoms with Gasteiger partial charge in [-0.15, -0.1) is 0 Å². The van der Waals surface area contributed by atoms with Gasteiger partial charge in [-0.3, -0.25) is 4.79 Å². The Morgan fingerprint density at radius 3 is 2.61 bits per heavy atom. The molecule has 0 aliphatic carbocycles. The van der Waals surface area contributed by atoms with E-state index in [4.69, 9.17) is 4.74 Å². The van der Waals surface area contributed by atoms with Crippen LogP contribution in [0.2, 0.25) is 0 Å². The van der Waals surface area contributed by atoms with Crippen molar-refractivity contribution in [3.05, 3.63) is 35.5 Å². The van der Waals surface area contributed by atoms with Crippen molar-refractivity contribution in [1.82, 2.24) is 5.32 Å². The molecule has 0 bridgehead atoms. The van der Waals surface area contributed by atoms with E-state index in [-0.39, 0.29) is 23.9 Å². The van der Waals surface area contributed by atoms with E-state index in [1.54, 1.807) is 13.8 Å². The molecule has 1 aromatic carbocycles. The maximum absolute atomic E-state index is 12.4. The summed E-state index contributed by atoms with van der Waals surface area (Å²) in [5.41, 5.74) is 2.38. The Labute approximate surface area is 135 Å². The number of esters is 1. The van der Waals surface area contributed by atoms with Gasteiger partial charge in [0.15, 0.2) is 0 Å². The maximum Gasteiger partial charge on any atom is 0.343 e. The zero-order chi connectivity index (χ0) is 16.8.